The molecule has 2 atom stereocenters. The molecule has 1 rings (SSSR count). The molecule has 3 nitrogen and oxygen atoms in total. The van der Waals surface area contributed by atoms with Gasteiger partial charge in [0.25, 0.3) is 0 Å². The monoisotopic (exact) mass is 289 g/mol. The van der Waals surface area contributed by atoms with Crippen LogP contribution in [-0.4, -0.2) is 20.7 Å². The lowest BCUT2D eigenvalue weighted by molar-refractivity contribution is 0.494. The highest BCUT2D eigenvalue weighted by Gasteiger charge is 2.14. The van der Waals surface area contributed by atoms with Crippen molar-refractivity contribution in [1.82, 2.24) is 0 Å². The van der Waals surface area contributed by atoms with Gasteiger partial charge in [0.05, 0.1) is 15.6 Å². The molecule has 1 N–H and O–H groups in total. The Hall–Kier alpha value is -0.740. The Bertz CT molecular complexity index is 514. The molecule has 0 aliphatic carbocycles. The summed E-state index contributed by atoms with van der Waals surface area (Å²) in [6, 6.07) is 4.97. The zero-order valence-corrected chi connectivity index (χ0v) is 12.8. The molecule has 102 valence electrons. The summed E-state index contributed by atoms with van der Waals surface area (Å²) in [6.45, 7) is 6.33. The van der Waals surface area contributed by atoms with E-state index < -0.39 is 9.84 Å². The van der Waals surface area contributed by atoms with Crippen LogP contribution in [-0.2, 0) is 9.84 Å². The Morgan fingerprint density at radius 2 is 1.94 bits per heavy atom. The average molecular weight is 290 g/mol. The normalized spacial score (nSPS) is 15.2. The van der Waals surface area contributed by atoms with Gasteiger partial charge >= 0.3 is 0 Å². The van der Waals surface area contributed by atoms with Crippen LogP contribution in [0.15, 0.2) is 23.1 Å². The highest BCUT2D eigenvalue weighted by Crippen LogP contribution is 2.27. The SMILES string of the molecule is CCC(C)C(C)Nc1cc(S(C)(=O)=O)ccc1Cl. The molecule has 0 saturated heterocycles. The van der Waals surface area contributed by atoms with Gasteiger partial charge in [-0.15, -0.1) is 0 Å². The Balaban J connectivity index is 3.02. The minimum Gasteiger partial charge on any atom is -0.381 e. The van der Waals surface area contributed by atoms with Crippen molar-refractivity contribution in [2.75, 3.05) is 11.6 Å². The molecule has 0 aromatic heterocycles. The third kappa shape index (κ3) is 3.89. The summed E-state index contributed by atoms with van der Waals surface area (Å²) in [4.78, 5) is 0.283. The van der Waals surface area contributed by atoms with Gasteiger partial charge in [0.15, 0.2) is 9.84 Å². The molecular weight excluding hydrogens is 270 g/mol. The number of benzene rings is 1. The van der Waals surface area contributed by atoms with Crippen molar-refractivity contribution in [1.29, 1.82) is 0 Å². The first-order valence-corrected chi connectivity index (χ1v) is 8.28. The molecule has 0 heterocycles. The molecule has 2 unspecified atom stereocenters. The van der Waals surface area contributed by atoms with Gasteiger partial charge in [0.1, 0.15) is 0 Å². The standard InChI is InChI=1S/C13H20ClNO2S/c1-5-9(2)10(3)15-13-8-11(18(4,16)17)6-7-12(13)14/h6-10,15H,5H2,1-4H3. The van der Waals surface area contributed by atoms with Crippen molar-refractivity contribution in [2.24, 2.45) is 5.92 Å². The highest BCUT2D eigenvalue weighted by atomic mass is 35.5. The van der Waals surface area contributed by atoms with Crippen LogP contribution in [0.3, 0.4) is 0 Å². The van der Waals surface area contributed by atoms with E-state index in [9.17, 15) is 8.42 Å². The van der Waals surface area contributed by atoms with E-state index in [1.54, 1.807) is 12.1 Å². The molecule has 0 aliphatic heterocycles. The van der Waals surface area contributed by atoms with Gasteiger partial charge in [-0.05, 0) is 31.0 Å². The molecular formula is C13H20ClNO2S. The van der Waals surface area contributed by atoms with E-state index in [2.05, 4.69) is 26.1 Å². The Kier molecular flexibility index (Phi) is 5.05. The number of sulfone groups is 1. The second kappa shape index (κ2) is 5.93. The molecule has 0 aliphatic rings. The molecule has 5 heteroatoms. The molecule has 0 bridgehead atoms. The lowest BCUT2D eigenvalue weighted by atomic mass is 10.0. The number of hydrogen-bond donors (Lipinski definition) is 1. The lowest BCUT2D eigenvalue weighted by Crippen LogP contribution is -2.23. The molecule has 0 saturated carbocycles. The minimum absolute atomic E-state index is 0.238. The van der Waals surface area contributed by atoms with Crippen LogP contribution in [0.1, 0.15) is 27.2 Å². The van der Waals surface area contributed by atoms with Gasteiger partial charge in [-0.2, -0.15) is 0 Å². The fourth-order valence-corrected chi connectivity index (χ4v) is 2.41. The molecule has 1 aromatic carbocycles. The fourth-order valence-electron chi connectivity index (χ4n) is 1.59. The summed E-state index contributed by atoms with van der Waals surface area (Å²) in [5.41, 5.74) is 0.674. The maximum absolute atomic E-state index is 11.5. The van der Waals surface area contributed by atoms with Crippen molar-refractivity contribution < 1.29 is 8.42 Å². The largest absolute Gasteiger partial charge is 0.381 e. The van der Waals surface area contributed by atoms with Crippen LogP contribution >= 0.6 is 11.6 Å². The van der Waals surface area contributed by atoms with Gasteiger partial charge in [-0.1, -0.05) is 31.9 Å². The average Bonchev–Trinajstić information content (AvgIpc) is 2.29. The maximum atomic E-state index is 11.5. The van der Waals surface area contributed by atoms with E-state index in [0.29, 0.717) is 16.6 Å². The van der Waals surface area contributed by atoms with E-state index in [-0.39, 0.29) is 10.9 Å². The first kappa shape index (κ1) is 15.3. The summed E-state index contributed by atoms with van der Waals surface area (Å²) < 4.78 is 23.0. The zero-order valence-electron chi connectivity index (χ0n) is 11.2. The quantitative estimate of drug-likeness (QED) is 0.901. The molecule has 18 heavy (non-hydrogen) atoms. The smallest absolute Gasteiger partial charge is 0.175 e. The number of anilines is 1. The van der Waals surface area contributed by atoms with Crippen molar-refractivity contribution in [2.45, 2.75) is 38.1 Å². The van der Waals surface area contributed by atoms with Crippen LogP contribution in [0.25, 0.3) is 0 Å². The van der Waals surface area contributed by atoms with Gasteiger partial charge in [0.2, 0.25) is 0 Å². The van der Waals surface area contributed by atoms with Gasteiger partial charge in [-0.3, -0.25) is 0 Å². The highest BCUT2D eigenvalue weighted by molar-refractivity contribution is 7.90. The van der Waals surface area contributed by atoms with Gasteiger partial charge in [-0.25, -0.2) is 8.42 Å². The van der Waals surface area contributed by atoms with E-state index in [0.717, 1.165) is 6.42 Å². The summed E-state index contributed by atoms with van der Waals surface area (Å²) in [5, 5.41) is 3.82. The van der Waals surface area contributed by atoms with Crippen LogP contribution in [0, 0.1) is 5.92 Å². The topological polar surface area (TPSA) is 46.2 Å². The summed E-state index contributed by atoms with van der Waals surface area (Å²) in [6.07, 6.45) is 2.25. The number of hydrogen-bond acceptors (Lipinski definition) is 3. The Labute approximate surface area is 114 Å². The van der Waals surface area contributed by atoms with Gasteiger partial charge in [0, 0.05) is 12.3 Å². The molecule has 0 radical (unpaired) electrons. The predicted octanol–water partition coefficient (Wildman–Crippen LogP) is 3.59. The van der Waals surface area contributed by atoms with E-state index in [4.69, 9.17) is 11.6 Å². The second-order valence-electron chi connectivity index (χ2n) is 4.73. The Morgan fingerprint density at radius 1 is 1.33 bits per heavy atom. The van der Waals surface area contributed by atoms with E-state index in [1.165, 1.54) is 12.3 Å². The van der Waals surface area contributed by atoms with Crippen LogP contribution in [0.5, 0.6) is 0 Å². The first-order chi connectivity index (χ1) is 8.25. The number of halogens is 1. The molecule has 0 spiro atoms. The number of rotatable bonds is 5. The minimum atomic E-state index is -3.20. The molecule has 1 aromatic rings. The second-order valence-corrected chi connectivity index (χ2v) is 7.16. The maximum Gasteiger partial charge on any atom is 0.175 e. The fraction of sp³-hybridized carbons (Fsp3) is 0.538. The summed E-state index contributed by atoms with van der Waals surface area (Å²) in [7, 11) is -3.20. The zero-order chi connectivity index (χ0) is 13.9. The van der Waals surface area contributed by atoms with Crippen LogP contribution in [0.4, 0.5) is 5.69 Å². The molecule has 0 fully saturated rings. The number of nitrogens with one attached hydrogen (secondary N) is 1. The summed E-state index contributed by atoms with van der Waals surface area (Å²) >= 11 is 6.08. The van der Waals surface area contributed by atoms with Crippen molar-refractivity contribution >= 4 is 27.1 Å². The summed E-state index contributed by atoms with van der Waals surface area (Å²) in [5.74, 6) is 0.489. The van der Waals surface area contributed by atoms with Crippen molar-refractivity contribution in [3.8, 4) is 0 Å². The van der Waals surface area contributed by atoms with Crippen molar-refractivity contribution in [3.63, 3.8) is 0 Å². The third-order valence-electron chi connectivity index (χ3n) is 3.25. The predicted molar refractivity (Wildman–Crippen MR) is 77.1 cm³/mol. The molecule has 0 amide bonds. The van der Waals surface area contributed by atoms with Gasteiger partial charge < -0.3 is 5.32 Å². The first-order valence-electron chi connectivity index (χ1n) is 6.01. The van der Waals surface area contributed by atoms with E-state index >= 15 is 0 Å². The van der Waals surface area contributed by atoms with Crippen LogP contribution in [0.2, 0.25) is 5.02 Å². The van der Waals surface area contributed by atoms with E-state index in [1.807, 2.05) is 0 Å². The Morgan fingerprint density at radius 3 is 2.44 bits per heavy atom. The lowest BCUT2D eigenvalue weighted by Gasteiger charge is -2.22. The van der Waals surface area contributed by atoms with Crippen molar-refractivity contribution in [3.05, 3.63) is 23.2 Å². The third-order valence-corrected chi connectivity index (χ3v) is 4.69. The van der Waals surface area contributed by atoms with Crippen LogP contribution < -0.4 is 5.32 Å².